The SMILES string of the molecule is C[C@H]1[C@H](O)[C@H]2C(=O)N(Cc3ccccc3)C(=O)[C@H]2[C@]2(C(=O)N(C(=O)OC(C)(C)C)c3ccccc32)[C@@H]1C(=O)OC(C)(C)C. The monoisotopic (exact) mass is 590 g/mol. The third-order valence-corrected chi connectivity index (χ3v) is 8.42. The van der Waals surface area contributed by atoms with E-state index in [0.717, 1.165) is 9.80 Å². The molecule has 6 atom stereocenters. The topological polar surface area (TPSA) is 131 Å². The first kappa shape index (κ1) is 30.4. The molecule has 10 nitrogen and oxygen atoms in total. The van der Waals surface area contributed by atoms with Gasteiger partial charge in [0.1, 0.15) is 16.6 Å². The van der Waals surface area contributed by atoms with Crippen LogP contribution in [0.4, 0.5) is 10.5 Å². The number of likely N-dealkylation sites (tertiary alicyclic amines) is 1. The average Bonchev–Trinajstić information content (AvgIpc) is 3.29. The highest BCUT2D eigenvalue weighted by molar-refractivity contribution is 6.25. The molecule has 0 bridgehead atoms. The van der Waals surface area contributed by atoms with E-state index in [1.807, 2.05) is 6.07 Å². The zero-order chi connectivity index (χ0) is 31.6. The van der Waals surface area contributed by atoms with Crippen LogP contribution in [0.5, 0.6) is 0 Å². The van der Waals surface area contributed by atoms with Gasteiger partial charge in [-0.1, -0.05) is 55.5 Å². The van der Waals surface area contributed by atoms with Gasteiger partial charge in [0, 0.05) is 0 Å². The van der Waals surface area contributed by atoms with E-state index >= 15 is 0 Å². The summed E-state index contributed by atoms with van der Waals surface area (Å²) in [5.41, 5.74) is -2.90. The lowest BCUT2D eigenvalue weighted by atomic mass is 9.50. The fourth-order valence-electron chi connectivity index (χ4n) is 6.91. The van der Waals surface area contributed by atoms with Gasteiger partial charge in [-0.2, -0.15) is 0 Å². The maximum atomic E-state index is 14.9. The molecule has 2 fully saturated rings. The molecule has 2 heterocycles. The summed E-state index contributed by atoms with van der Waals surface area (Å²) in [7, 11) is 0. The molecule has 0 aromatic heterocycles. The van der Waals surface area contributed by atoms with Crippen molar-refractivity contribution in [3.63, 3.8) is 0 Å². The van der Waals surface area contributed by atoms with E-state index in [0.29, 0.717) is 5.56 Å². The highest BCUT2D eigenvalue weighted by Gasteiger charge is 2.75. The van der Waals surface area contributed by atoms with Crippen molar-refractivity contribution >= 4 is 35.5 Å². The number of aliphatic hydroxyl groups excluding tert-OH is 1. The molecule has 1 spiro atoms. The molecule has 5 rings (SSSR count). The largest absolute Gasteiger partial charge is 0.460 e. The second-order valence-electron chi connectivity index (χ2n) is 13.6. The minimum Gasteiger partial charge on any atom is -0.460 e. The Morgan fingerprint density at radius 3 is 2.05 bits per heavy atom. The van der Waals surface area contributed by atoms with Gasteiger partial charge in [0.2, 0.25) is 17.7 Å². The Bertz CT molecular complexity index is 1490. The smallest absolute Gasteiger partial charge is 0.421 e. The maximum Gasteiger partial charge on any atom is 0.421 e. The summed E-state index contributed by atoms with van der Waals surface area (Å²) in [6, 6.07) is 15.3. The number of esters is 1. The summed E-state index contributed by atoms with van der Waals surface area (Å²) in [6.07, 6.45) is -2.42. The van der Waals surface area contributed by atoms with E-state index < -0.39 is 76.2 Å². The quantitative estimate of drug-likeness (QED) is 0.420. The molecular weight excluding hydrogens is 552 g/mol. The van der Waals surface area contributed by atoms with Crippen molar-refractivity contribution in [2.75, 3.05) is 4.90 Å². The van der Waals surface area contributed by atoms with Crippen LogP contribution in [0, 0.1) is 23.7 Å². The van der Waals surface area contributed by atoms with E-state index in [1.165, 1.54) is 0 Å². The fraction of sp³-hybridized carbons (Fsp3) is 0.485. The van der Waals surface area contributed by atoms with Gasteiger partial charge < -0.3 is 14.6 Å². The molecule has 1 saturated carbocycles. The van der Waals surface area contributed by atoms with E-state index in [4.69, 9.17) is 9.47 Å². The predicted molar refractivity (Wildman–Crippen MR) is 155 cm³/mol. The molecular formula is C33H38N2O8. The Labute approximate surface area is 250 Å². The van der Waals surface area contributed by atoms with Crippen LogP contribution in [0.15, 0.2) is 54.6 Å². The molecule has 2 aliphatic heterocycles. The van der Waals surface area contributed by atoms with Gasteiger partial charge in [-0.05, 0) is 64.7 Å². The molecule has 2 aromatic rings. The van der Waals surface area contributed by atoms with Crippen molar-refractivity contribution in [1.82, 2.24) is 4.90 Å². The number of hydrogen-bond donors (Lipinski definition) is 1. The molecule has 4 amide bonds. The van der Waals surface area contributed by atoms with Gasteiger partial charge >= 0.3 is 12.1 Å². The highest BCUT2D eigenvalue weighted by Crippen LogP contribution is 2.61. The zero-order valence-corrected chi connectivity index (χ0v) is 25.5. The van der Waals surface area contributed by atoms with Crippen LogP contribution >= 0.6 is 0 Å². The number of ether oxygens (including phenoxy) is 2. The van der Waals surface area contributed by atoms with Crippen molar-refractivity contribution < 1.29 is 38.6 Å². The molecule has 228 valence electrons. The van der Waals surface area contributed by atoms with E-state index in [2.05, 4.69) is 0 Å². The number of rotatable bonds is 3. The summed E-state index contributed by atoms with van der Waals surface area (Å²) in [5, 5.41) is 11.6. The molecule has 0 radical (unpaired) electrons. The van der Waals surface area contributed by atoms with Crippen molar-refractivity contribution in [3.8, 4) is 0 Å². The number of para-hydroxylation sites is 1. The molecule has 2 aromatic carbocycles. The van der Waals surface area contributed by atoms with E-state index in [1.54, 1.807) is 97.0 Å². The van der Waals surface area contributed by atoms with Crippen molar-refractivity contribution in [1.29, 1.82) is 0 Å². The third kappa shape index (κ3) is 4.81. The number of benzene rings is 2. The number of carbonyl (C=O) groups is 5. The van der Waals surface area contributed by atoms with Gasteiger partial charge in [0.15, 0.2) is 0 Å². The number of imide groups is 2. The van der Waals surface area contributed by atoms with E-state index in [-0.39, 0.29) is 17.8 Å². The van der Waals surface area contributed by atoms with Crippen LogP contribution in [0.25, 0.3) is 0 Å². The third-order valence-electron chi connectivity index (χ3n) is 8.42. The first-order valence-electron chi connectivity index (χ1n) is 14.5. The number of amides is 4. The Kier molecular flexibility index (Phi) is 7.28. The molecule has 10 heteroatoms. The molecule has 43 heavy (non-hydrogen) atoms. The van der Waals surface area contributed by atoms with Gasteiger partial charge in [0.25, 0.3) is 0 Å². The van der Waals surface area contributed by atoms with E-state index in [9.17, 15) is 29.1 Å². The minimum absolute atomic E-state index is 0.0780. The Hall–Kier alpha value is -4.05. The summed E-state index contributed by atoms with van der Waals surface area (Å²) in [6.45, 7) is 11.5. The summed E-state index contributed by atoms with van der Waals surface area (Å²) in [5.74, 6) is -8.23. The highest BCUT2D eigenvalue weighted by atomic mass is 16.6. The van der Waals surface area contributed by atoms with Crippen LogP contribution in [-0.4, -0.2) is 57.1 Å². The van der Waals surface area contributed by atoms with Crippen molar-refractivity contribution in [2.24, 2.45) is 23.7 Å². The van der Waals surface area contributed by atoms with Crippen molar-refractivity contribution in [2.45, 2.75) is 77.7 Å². The van der Waals surface area contributed by atoms with Crippen LogP contribution in [0.1, 0.15) is 59.6 Å². The lowest BCUT2D eigenvalue weighted by Gasteiger charge is -2.49. The predicted octanol–water partition coefficient (Wildman–Crippen LogP) is 3.98. The molecule has 0 unspecified atom stereocenters. The Morgan fingerprint density at radius 2 is 1.44 bits per heavy atom. The lowest BCUT2D eigenvalue weighted by Crippen LogP contribution is -2.65. The zero-order valence-electron chi connectivity index (χ0n) is 25.5. The summed E-state index contributed by atoms with van der Waals surface area (Å²) >= 11 is 0. The molecule has 1 saturated heterocycles. The van der Waals surface area contributed by atoms with Crippen LogP contribution < -0.4 is 4.90 Å². The van der Waals surface area contributed by atoms with Crippen LogP contribution in [0.2, 0.25) is 0 Å². The maximum absolute atomic E-state index is 14.9. The average molecular weight is 591 g/mol. The van der Waals surface area contributed by atoms with Crippen LogP contribution in [0.3, 0.4) is 0 Å². The molecule has 1 aliphatic carbocycles. The molecule has 1 N–H and O–H groups in total. The van der Waals surface area contributed by atoms with Gasteiger partial charge in [-0.15, -0.1) is 0 Å². The molecule has 3 aliphatic rings. The normalized spacial score (nSPS) is 28.7. The summed E-state index contributed by atoms with van der Waals surface area (Å²) < 4.78 is 11.4. The number of hydrogen-bond acceptors (Lipinski definition) is 8. The number of carbonyl (C=O) groups excluding carboxylic acids is 5. The first-order valence-corrected chi connectivity index (χ1v) is 14.5. The van der Waals surface area contributed by atoms with Gasteiger partial charge in [-0.3, -0.25) is 24.1 Å². The number of nitrogens with zero attached hydrogens (tertiary/aromatic N) is 2. The first-order chi connectivity index (χ1) is 20.0. The number of fused-ring (bicyclic) bond motifs is 4. The standard InChI is InChI=1S/C33H38N2O8/c1-18-23(28(39)42-31(2,3)4)33(20-15-11-12-16-21(20)35(29(33)40)30(41)43-32(5,6)7)24-22(25(18)36)26(37)34(27(24)38)17-19-13-9-8-10-14-19/h8-16,18,22-25,36H,17H2,1-7H3/t18-,22+,23+,24+,25+,33-/m1/s1. The number of aliphatic hydroxyl groups is 1. The number of anilines is 1. The fourth-order valence-corrected chi connectivity index (χ4v) is 6.91. The van der Waals surface area contributed by atoms with Gasteiger partial charge in [0.05, 0.1) is 36.1 Å². The summed E-state index contributed by atoms with van der Waals surface area (Å²) in [4.78, 5) is 73.0. The second-order valence-corrected chi connectivity index (χ2v) is 13.6. The lowest BCUT2D eigenvalue weighted by molar-refractivity contribution is -0.181. The minimum atomic E-state index is -2.03. The van der Waals surface area contributed by atoms with Crippen molar-refractivity contribution in [3.05, 3.63) is 65.7 Å². The Balaban J connectivity index is 1.75. The van der Waals surface area contributed by atoms with Gasteiger partial charge in [-0.25, -0.2) is 9.69 Å². The van der Waals surface area contributed by atoms with Crippen LogP contribution in [-0.2, 0) is 40.6 Å². The Morgan fingerprint density at radius 1 is 0.860 bits per heavy atom. The second kappa shape index (κ2) is 10.3.